The van der Waals surface area contributed by atoms with Crippen molar-refractivity contribution in [2.24, 2.45) is 0 Å². The summed E-state index contributed by atoms with van der Waals surface area (Å²) in [5.41, 5.74) is 10.1. The number of hydrogen-bond donors (Lipinski definition) is 3. The standard InChI is InChI=1S/C9H10O.C9H10S.2C8H7N.C8H8O2.C8H8OS.2C8H6O.C8H8S2.C8H6S.C7H6N2.C7H5NO.C7H6O2.C7H6S2/c2*1-2-6-9-8(4-1)5-3-7-10-9;2*1-2-4-8-7(3-1)5-6-9-8;2*1-2-4-8-7(3-1)9-5-6-10-8;2*1-2-4-8-7(3-1)5-6-9-8;1-2-4-8-7(3-1)9-5-6-10-8;1-2-4-8-7(3-1)5-6-9-8;1-2-4-7-6(3-1)5-8-9-7;3*1-2-4-7-6(3-1)8-5-9-7/h2*1-2,4,6H,3,5,7H2;2*1-6,9H;2*1-4H,5-6H2;2*1-6H;1-4H,5-6H2;1-6H;1-5H,(H,8,9);1-5H;2*1-4H,5H2. The highest BCUT2D eigenvalue weighted by Gasteiger charge is 2.14. The van der Waals surface area contributed by atoms with Crippen LogP contribution in [0, 0.1) is 0 Å². The number of aromatic amines is 3. The van der Waals surface area contributed by atoms with Gasteiger partial charge in [0.15, 0.2) is 35.0 Å². The summed E-state index contributed by atoms with van der Waals surface area (Å²) in [4.78, 5) is 18.8. The monoisotopic (exact) mass is 1860 g/mol. The zero-order valence-electron chi connectivity index (χ0n) is 72.1. The Hall–Kier alpha value is -13.0. The minimum atomic E-state index is 0.360. The third-order valence-corrected chi connectivity index (χ3v) is 28.2. The van der Waals surface area contributed by atoms with Gasteiger partial charge < -0.3 is 51.6 Å². The zero-order chi connectivity index (χ0) is 89.0. The molecule has 0 fully saturated rings. The average molecular weight is 1860 g/mol. The largest absolute Gasteiger partial charge is 0.493 e. The average Bonchev–Trinajstić information content (AvgIpc) is 1.38. The Kier molecular flexibility index (Phi) is 36.8. The molecule has 21 aromatic rings. The number of oxazole rings is 1. The Balaban J connectivity index is 0.000000108. The van der Waals surface area contributed by atoms with Crippen LogP contribution in [-0.4, -0.2) is 86.5 Å². The summed E-state index contributed by atoms with van der Waals surface area (Å²) in [6.45, 7) is 3.42. The van der Waals surface area contributed by atoms with E-state index in [1.807, 2.05) is 301 Å². The predicted octanol–water partition coefficient (Wildman–Crippen LogP) is 31.0. The summed E-state index contributed by atoms with van der Waals surface area (Å²) in [5, 5.41) is 17.4. The molecule has 14 heterocycles. The maximum atomic E-state index is 5.42. The van der Waals surface area contributed by atoms with Gasteiger partial charge in [-0.2, -0.15) is 5.10 Å². The molecule has 21 heteroatoms. The van der Waals surface area contributed by atoms with Crippen molar-refractivity contribution in [2.45, 2.75) is 55.1 Å². The number of hydrogen-bond acceptors (Lipinski definition) is 18. The Morgan fingerprint density at radius 2 is 0.710 bits per heavy atom. The molecule has 0 atom stereocenters. The van der Waals surface area contributed by atoms with Crippen LogP contribution in [0.15, 0.2) is 456 Å². The lowest BCUT2D eigenvalue weighted by Gasteiger charge is -2.17. The molecular formula is C110H99N5O9S7. The van der Waals surface area contributed by atoms with Crippen LogP contribution < -0.4 is 28.4 Å². The maximum absolute atomic E-state index is 5.42. The minimum Gasteiger partial charge on any atom is -0.493 e. The number of nitrogens with one attached hydrogen (secondary N) is 3. The number of nitrogens with zero attached hydrogens (tertiary/aromatic N) is 2. The number of H-pyrrole nitrogens is 3. The fraction of sp³-hybridized carbons (Fsp3) is 0.127. The van der Waals surface area contributed by atoms with Gasteiger partial charge in [-0.05, 0) is 216 Å². The summed E-state index contributed by atoms with van der Waals surface area (Å²) in [5.74, 6) is 10.4. The quantitative estimate of drug-likeness (QED) is 0.131. The highest BCUT2D eigenvalue weighted by atomic mass is 32.2. The molecule has 7 aromatic heterocycles. The second-order valence-corrected chi connectivity index (χ2v) is 36.9. The summed E-state index contributed by atoms with van der Waals surface area (Å²) < 4.78 is 48.2. The number of thioether (sulfide) groups is 6. The highest BCUT2D eigenvalue weighted by molar-refractivity contribution is 8.18. The van der Waals surface area contributed by atoms with Crippen molar-refractivity contribution in [2.75, 3.05) is 61.3 Å². The first kappa shape index (κ1) is 92.7. The highest BCUT2D eigenvalue weighted by Crippen LogP contribution is 2.42. The van der Waals surface area contributed by atoms with Crippen LogP contribution in [0.2, 0.25) is 0 Å². The van der Waals surface area contributed by atoms with Gasteiger partial charge in [-0.25, -0.2) is 4.98 Å². The van der Waals surface area contributed by atoms with Gasteiger partial charge in [-0.3, -0.25) is 5.10 Å². The van der Waals surface area contributed by atoms with Gasteiger partial charge >= 0.3 is 0 Å². The molecule has 0 radical (unpaired) electrons. The number of rotatable bonds is 0. The summed E-state index contributed by atoms with van der Waals surface area (Å²) >= 11 is 13.4. The van der Waals surface area contributed by atoms with Crippen LogP contribution in [0.3, 0.4) is 0 Å². The molecule has 0 aliphatic carbocycles. The number of benzene rings is 14. The Labute approximate surface area is 793 Å². The molecule has 14 nitrogen and oxygen atoms in total. The fourth-order valence-electron chi connectivity index (χ4n) is 13.7. The van der Waals surface area contributed by atoms with E-state index in [0.29, 0.717) is 20.0 Å². The van der Waals surface area contributed by atoms with Gasteiger partial charge in [-0.1, -0.05) is 218 Å². The fourth-order valence-corrected chi connectivity index (χ4v) is 20.9. The maximum Gasteiger partial charge on any atom is 0.231 e. The Morgan fingerprint density at radius 1 is 0.275 bits per heavy atom. The molecular weight excluding hydrogens is 1760 g/mol. The lowest BCUT2D eigenvalue weighted by molar-refractivity contribution is 0.171. The molecule has 0 amide bonds. The number of fused-ring (bicyclic) bond motifs is 14. The van der Waals surface area contributed by atoms with E-state index in [-0.39, 0.29) is 0 Å². The van der Waals surface area contributed by atoms with Crippen molar-refractivity contribution in [3.8, 4) is 34.5 Å². The molecule has 7 aliphatic heterocycles. The number of furan rings is 2. The second kappa shape index (κ2) is 52.0. The van der Waals surface area contributed by atoms with Gasteiger partial charge in [0.1, 0.15) is 41.4 Å². The van der Waals surface area contributed by atoms with Crippen molar-refractivity contribution in [1.29, 1.82) is 0 Å². The number of para-hydroxylation sites is 13. The first-order valence-electron chi connectivity index (χ1n) is 43.2. The van der Waals surface area contributed by atoms with E-state index in [0.717, 1.165) is 104 Å². The molecule has 7 aliphatic rings. The number of aryl methyl sites for hydroxylation is 2. The van der Waals surface area contributed by atoms with Gasteiger partial charge in [0.05, 0.1) is 37.5 Å². The van der Waals surface area contributed by atoms with E-state index >= 15 is 0 Å². The van der Waals surface area contributed by atoms with E-state index in [9.17, 15) is 0 Å². The van der Waals surface area contributed by atoms with Gasteiger partial charge in [0.25, 0.3) is 0 Å². The molecule has 0 unspecified atom stereocenters. The Morgan fingerprint density at radius 3 is 1.27 bits per heavy atom. The van der Waals surface area contributed by atoms with Crippen LogP contribution in [0.1, 0.15) is 24.0 Å². The van der Waals surface area contributed by atoms with Crippen molar-refractivity contribution < 1.29 is 41.7 Å². The topological polar surface area (TPSA) is 168 Å². The molecule has 0 saturated heterocycles. The van der Waals surface area contributed by atoms with Crippen molar-refractivity contribution in [1.82, 2.24) is 25.1 Å². The first-order valence-corrected chi connectivity index (χ1v) is 49.9. The van der Waals surface area contributed by atoms with Gasteiger partial charge in [0.2, 0.25) is 6.79 Å². The third-order valence-electron chi connectivity index (χ3n) is 20.1. The normalized spacial score (nSPS) is 12.9. The molecule has 3 N–H and O–H groups in total. The zero-order valence-corrected chi connectivity index (χ0v) is 77.8. The third kappa shape index (κ3) is 29.3. The smallest absolute Gasteiger partial charge is 0.231 e. The number of aromatic nitrogens is 5. The van der Waals surface area contributed by atoms with E-state index in [2.05, 4.69) is 188 Å². The molecule has 0 saturated carbocycles. The van der Waals surface area contributed by atoms with E-state index in [1.54, 1.807) is 29.4 Å². The van der Waals surface area contributed by atoms with E-state index < -0.39 is 0 Å². The van der Waals surface area contributed by atoms with E-state index in [4.69, 9.17) is 41.7 Å². The number of ether oxygens (including phenoxy) is 6. The number of thiophene rings is 1. The summed E-state index contributed by atoms with van der Waals surface area (Å²) in [6.07, 6.45) is 15.5. The molecule has 131 heavy (non-hydrogen) atoms. The van der Waals surface area contributed by atoms with Crippen molar-refractivity contribution in [3.05, 3.63) is 424 Å². The van der Waals surface area contributed by atoms with Crippen LogP contribution in [0.4, 0.5) is 0 Å². The van der Waals surface area contributed by atoms with Crippen molar-refractivity contribution >= 4 is 158 Å². The summed E-state index contributed by atoms with van der Waals surface area (Å²) in [7, 11) is 0. The molecule has 0 spiro atoms. The van der Waals surface area contributed by atoms with Crippen LogP contribution in [0.5, 0.6) is 34.5 Å². The first-order chi connectivity index (χ1) is 65.0. The lowest BCUT2D eigenvalue weighted by Crippen LogP contribution is -2.14. The van der Waals surface area contributed by atoms with E-state index in [1.165, 1.54) is 115 Å². The molecule has 14 aromatic carbocycles. The van der Waals surface area contributed by atoms with Crippen LogP contribution >= 0.6 is 81.9 Å². The minimum absolute atomic E-state index is 0.360. The Bertz CT molecular complexity index is 5520. The molecule has 28 rings (SSSR count). The van der Waals surface area contributed by atoms with Crippen LogP contribution in [-0.2, 0) is 12.8 Å². The van der Waals surface area contributed by atoms with Gasteiger partial charge in [0, 0.05) is 96.0 Å². The molecule has 0 bridgehead atoms. The predicted molar refractivity (Wildman–Crippen MR) is 550 cm³/mol. The second-order valence-electron chi connectivity index (χ2n) is 29.0. The molecule has 660 valence electrons. The van der Waals surface area contributed by atoms with Gasteiger partial charge in [-0.15, -0.1) is 81.9 Å². The SMILES string of the molecule is c1ccc2[nH]ccc2c1.c1ccc2[nH]ccc2c1.c1ccc2[nH]ncc2c1.c1ccc2c(c1)CCCO2.c1ccc2c(c1)CCCS2.c1ccc2c(c1)OCCO2.c1ccc2c(c1)OCCS2.c1ccc2c(c1)OCO2.c1ccc2c(c1)SCCS2.c1ccc2c(c1)SCS2.c1ccc2occc2c1.c1ccc2occc2c1.c1ccc2ocnc2c1.c1ccc2sccc2c1. The summed E-state index contributed by atoms with van der Waals surface area (Å²) in [6, 6.07) is 124. The van der Waals surface area contributed by atoms with Crippen LogP contribution in [0.25, 0.3) is 75.8 Å². The van der Waals surface area contributed by atoms with Crippen molar-refractivity contribution in [3.63, 3.8) is 0 Å². The lowest BCUT2D eigenvalue weighted by atomic mass is 10.1.